The Morgan fingerprint density at radius 3 is 2.44 bits per heavy atom. The molecule has 0 fully saturated rings. The van der Waals surface area contributed by atoms with Crippen molar-refractivity contribution in [2.45, 2.75) is 32.8 Å². The van der Waals surface area contributed by atoms with Crippen molar-refractivity contribution in [3.63, 3.8) is 0 Å². The number of hydrogen-bond acceptors (Lipinski definition) is 4. The Kier molecular flexibility index (Phi) is 6.87. The predicted octanol–water partition coefficient (Wildman–Crippen LogP) is 4.57. The van der Waals surface area contributed by atoms with Crippen molar-refractivity contribution < 1.29 is 23.1 Å². The zero-order chi connectivity index (χ0) is 19.9. The molecule has 144 valence electrons. The van der Waals surface area contributed by atoms with Crippen molar-refractivity contribution in [2.24, 2.45) is 5.16 Å². The van der Waals surface area contributed by atoms with E-state index in [0.717, 1.165) is 5.56 Å². The molecule has 0 atom stereocenters. The molecule has 27 heavy (non-hydrogen) atoms. The first kappa shape index (κ1) is 20.4. The van der Waals surface area contributed by atoms with Crippen LogP contribution in [-0.2, 0) is 15.0 Å². The highest BCUT2D eigenvalue weighted by atomic mass is 19.3. The van der Waals surface area contributed by atoms with Crippen LogP contribution < -0.4 is 10.1 Å². The number of benzene rings is 2. The highest BCUT2D eigenvalue weighted by Gasteiger charge is 2.13. The SMILES string of the molecule is CC(C)(C)c1ccc(NC(=O)CO/N=C/c2ccccc2OC(F)F)cc1. The van der Waals surface area contributed by atoms with Crippen molar-refractivity contribution in [2.75, 3.05) is 11.9 Å². The fraction of sp³-hybridized carbons (Fsp3) is 0.300. The number of para-hydroxylation sites is 1. The molecule has 5 nitrogen and oxygen atoms in total. The van der Waals surface area contributed by atoms with Gasteiger partial charge in [0.1, 0.15) is 5.75 Å². The van der Waals surface area contributed by atoms with Gasteiger partial charge in [-0.1, -0.05) is 50.2 Å². The Bertz CT molecular complexity index is 785. The van der Waals surface area contributed by atoms with E-state index in [2.05, 4.69) is 36.0 Å². The molecular weight excluding hydrogens is 354 g/mol. The first-order valence-corrected chi connectivity index (χ1v) is 8.35. The van der Waals surface area contributed by atoms with Crippen LogP contribution in [-0.4, -0.2) is 25.3 Å². The van der Waals surface area contributed by atoms with Gasteiger partial charge >= 0.3 is 6.61 Å². The van der Waals surface area contributed by atoms with Gasteiger partial charge in [0.15, 0.2) is 6.61 Å². The number of hydrogen-bond donors (Lipinski definition) is 1. The molecule has 0 unspecified atom stereocenters. The van der Waals surface area contributed by atoms with Gasteiger partial charge in [-0.2, -0.15) is 8.78 Å². The average Bonchev–Trinajstić information content (AvgIpc) is 2.59. The van der Waals surface area contributed by atoms with Gasteiger partial charge < -0.3 is 14.9 Å². The van der Waals surface area contributed by atoms with Crippen LogP contribution in [0, 0.1) is 0 Å². The lowest BCUT2D eigenvalue weighted by Gasteiger charge is -2.19. The molecule has 2 aromatic rings. The van der Waals surface area contributed by atoms with E-state index >= 15 is 0 Å². The van der Waals surface area contributed by atoms with E-state index in [9.17, 15) is 13.6 Å². The number of nitrogens with one attached hydrogen (secondary N) is 1. The lowest BCUT2D eigenvalue weighted by atomic mass is 9.87. The standard InChI is InChI=1S/C20H22F2N2O3/c1-20(2,3)15-8-10-16(11-9-15)24-18(25)13-26-23-12-14-6-4-5-7-17(14)27-19(21)22/h4-12,19H,13H2,1-3H3,(H,24,25)/b23-12+. The number of nitrogens with zero attached hydrogens (tertiary/aromatic N) is 1. The number of anilines is 1. The second-order valence-electron chi connectivity index (χ2n) is 6.80. The largest absolute Gasteiger partial charge is 0.434 e. The number of rotatable bonds is 7. The summed E-state index contributed by atoms with van der Waals surface area (Å²) in [7, 11) is 0. The third-order valence-corrected chi connectivity index (χ3v) is 3.63. The van der Waals surface area contributed by atoms with Gasteiger partial charge in [-0.05, 0) is 35.2 Å². The molecule has 0 aromatic heterocycles. The highest BCUT2D eigenvalue weighted by molar-refractivity contribution is 5.91. The van der Waals surface area contributed by atoms with Crippen LogP contribution in [0.3, 0.4) is 0 Å². The number of oxime groups is 1. The Morgan fingerprint density at radius 1 is 1.15 bits per heavy atom. The number of ether oxygens (including phenoxy) is 1. The third kappa shape index (κ3) is 6.69. The second-order valence-corrected chi connectivity index (χ2v) is 6.80. The van der Waals surface area contributed by atoms with Crippen LogP contribution in [0.25, 0.3) is 0 Å². The minimum atomic E-state index is -2.93. The van der Waals surface area contributed by atoms with E-state index in [1.54, 1.807) is 18.2 Å². The van der Waals surface area contributed by atoms with Gasteiger partial charge in [-0.15, -0.1) is 0 Å². The van der Waals surface area contributed by atoms with Crippen LogP contribution in [0.2, 0.25) is 0 Å². The Hall–Kier alpha value is -2.96. The molecule has 2 aromatic carbocycles. The van der Waals surface area contributed by atoms with Crippen LogP contribution in [0.1, 0.15) is 31.9 Å². The van der Waals surface area contributed by atoms with E-state index in [4.69, 9.17) is 4.84 Å². The van der Waals surface area contributed by atoms with Crippen molar-refractivity contribution in [1.82, 2.24) is 0 Å². The summed E-state index contributed by atoms with van der Waals surface area (Å²) in [5.74, 6) is -0.406. The Labute approximate surface area is 157 Å². The topological polar surface area (TPSA) is 59.9 Å². The molecule has 0 bridgehead atoms. The molecule has 2 rings (SSSR count). The molecule has 0 saturated carbocycles. The predicted molar refractivity (Wildman–Crippen MR) is 100 cm³/mol. The van der Waals surface area contributed by atoms with E-state index in [1.165, 1.54) is 12.3 Å². The van der Waals surface area contributed by atoms with Crippen LogP contribution in [0.5, 0.6) is 5.75 Å². The number of carbonyl (C=O) groups is 1. The molecule has 0 saturated heterocycles. The maximum Gasteiger partial charge on any atom is 0.387 e. The van der Waals surface area contributed by atoms with Crippen LogP contribution in [0.4, 0.5) is 14.5 Å². The van der Waals surface area contributed by atoms with Crippen molar-refractivity contribution in [1.29, 1.82) is 0 Å². The van der Waals surface area contributed by atoms with Crippen molar-refractivity contribution >= 4 is 17.8 Å². The average molecular weight is 376 g/mol. The summed E-state index contributed by atoms with van der Waals surface area (Å²) in [5.41, 5.74) is 2.16. The normalized spacial score (nSPS) is 11.6. The summed E-state index contributed by atoms with van der Waals surface area (Å²) >= 11 is 0. The second kappa shape index (κ2) is 9.12. The monoisotopic (exact) mass is 376 g/mol. The lowest BCUT2D eigenvalue weighted by Crippen LogP contribution is -2.17. The van der Waals surface area contributed by atoms with Gasteiger partial charge in [0.05, 0.1) is 6.21 Å². The summed E-state index contributed by atoms with van der Waals surface area (Å²) in [6, 6.07) is 13.7. The summed E-state index contributed by atoms with van der Waals surface area (Å²) in [5, 5.41) is 6.32. The summed E-state index contributed by atoms with van der Waals surface area (Å²) in [4.78, 5) is 16.8. The zero-order valence-electron chi connectivity index (χ0n) is 15.4. The molecular formula is C20H22F2N2O3. The molecule has 1 N–H and O–H groups in total. The molecule has 0 aliphatic heterocycles. The molecule has 0 heterocycles. The van der Waals surface area contributed by atoms with E-state index in [0.29, 0.717) is 11.3 Å². The molecule has 0 aliphatic carbocycles. The van der Waals surface area contributed by atoms with E-state index in [-0.39, 0.29) is 23.7 Å². The van der Waals surface area contributed by atoms with Crippen molar-refractivity contribution in [3.05, 3.63) is 59.7 Å². The van der Waals surface area contributed by atoms with Gasteiger partial charge in [-0.3, -0.25) is 4.79 Å². The molecule has 1 amide bonds. The number of halogens is 2. The molecule has 0 aliphatic rings. The summed E-state index contributed by atoms with van der Waals surface area (Å²) in [6.45, 7) is 3.08. The molecule has 7 heteroatoms. The maximum absolute atomic E-state index is 12.3. The lowest BCUT2D eigenvalue weighted by molar-refractivity contribution is -0.120. The minimum Gasteiger partial charge on any atom is -0.434 e. The van der Waals surface area contributed by atoms with Crippen LogP contribution in [0.15, 0.2) is 53.7 Å². The smallest absolute Gasteiger partial charge is 0.387 e. The van der Waals surface area contributed by atoms with E-state index in [1.807, 2.05) is 24.3 Å². The fourth-order valence-electron chi connectivity index (χ4n) is 2.23. The molecule has 0 radical (unpaired) electrons. The van der Waals surface area contributed by atoms with Gasteiger partial charge in [0, 0.05) is 11.3 Å². The highest BCUT2D eigenvalue weighted by Crippen LogP contribution is 2.23. The van der Waals surface area contributed by atoms with Gasteiger partial charge in [0.25, 0.3) is 5.91 Å². The van der Waals surface area contributed by atoms with Gasteiger partial charge in [-0.25, -0.2) is 0 Å². The van der Waals surface area contributed by atoms with E-state index < -0.39 is 6.61 Å². The first-order chi connectivity index (χ1) is 12.8. The summed E-state index contributed by atoms with van der Waals surface area (Å²) in [6.07, 6.45) is 1.21. The number of carbonyl (C=O) groups excluding carboxylic acids is 1. The minimum absolute atomic E-state index is 0.0248. The Balaban J connectivity index is 1.85. The maximum atomic E-state index is 12.3. The van der Waals surface area contributed by atoms with Gasteiger partial charge in [0.2, 0.25) is 0 Å². The van der Waals surface area contributed by atoms with Crippen LogP contribution >= 0.6 is 0 Å². The quantitative estimate of drug-likeness (QED) is 0.569. The van der Waals surface area contributed by atoms with Crippen molar-refractivity contribution in [3.8, 4) is 5.75 Å². The first-order valence-electron chi connectivity index (χ1n) is 8.35. The summed E-state index contributed by atoms with van der Waals surface area (Å²) < 4.78 is 29.1. The molecule has 0 spiro atoms. The number of amides is 1. The number of alkyl halides is 2. The fourth-order valence-corrected chi connectivity index (χ4v) is 2.23. The Morgan fingerprint density at radius 2 is 1.81 bits per heavy atom. The zero-order valence-corrected chi connectivity index (χ0v) is 15.4. The third-order valence-electron chi connectivity index (χ3n) is 3.63.